The van der Waals surface area contributed by atoms with Crippen LogP contribution in [-0.2, 0) is 17.7 Å². The molecule has 0 aliphatic carbocycles. The number of hydrogen-bond acceptors (Lipinski definition) is 9. The Bertz CT molecular complexity index is 1560. The number of piperazine rings is 1. The van der Waals surface area contributed by atoms with Crippen LogP contribution in [0.2, 0.25) is 5.02 Å². The molecule has 0 bridgehead atoms. The van der Waals surface area contributed by atoms with E-state index in [1.807, 2.05) is 32.9 Å². The van der Waals surface area contributed by atoms with Gasteiger partial charge in [-0.2, -0.15) is 15.2 Å². The number of rotatable bonds is 6. The summed E-state index contributed by atoms with van der Waals surface area (Å²) in [6.07, 6.45) is 2.76. The van der Waals surface area contributed by atoms with Gasteiger partial charge in [-0.1, -0.05) is 35.9 Å². The van der Waals surface area contributed by atoms with E-state index in [1.54, 1.807) is 4.90 Å². The Morgan fingerprint density at radius 3 is 2.70 bits per heavy atom. The molecule has 6 rings (SSSR count). The Morgan fingerprint density at radius 1 is 1.14 bits per heavy atom. The lowest BCUT2D eigenvalue weighted by molar-refractivity contribution is 0.0144. The molecule has 44 heavy (non-hydrogen) atoms. The van der Waals surface area contributed by atoms with Crippen molar-refractivity contribution in [2.75, 3.05) is 49.1 Å². The van der Waals surface area contributed by atoms with E-state index in [4.69, 9.17) is 31.0 Å². The highest BCUT2D eigenvalue weighted by molar-refractivity contribution is 6.36. The second kappa shape index (κ2) is 12.7. The molecule has 1 aromatic heterocycles. The molecule has 4 heterocycles. The summed E-state index contributed by atoms with van der Waals surface area (Å²) in [4.78, 5) is 29.2. The molecule has 0 radical (unpaired) electrons. The van der Waals surface area contributed by atoms with E-state index in [9.17, 15) is 10.1 Å². The molecule has 2 atom stereocenters. The standard InChI is InChI=1S/C33H40ClN7O3/c1-33(2,3)44-32(42)41-18-17-40(19-24(41)12-14-35)30-25-13-16-39(28-11-5-8-22-7-4-10-26(34)29(22)28)20-27(25)37-31(38-30)43-21-23-9-6-15-36-23/h4-5,7-8,10-11,23-24,36H,6,9,12-13,15-21H2,1-3H3. The number of anilines is 2. The Labute approximate surface area is 263 Å². The number of nitrogens with zero attached hydrogens (tertiary/aromatic N) is 6. The van der Waals surface area contributed by atoms with Crippen LogP contribution in [-0.4, -0.2) is 78.0 Å². The van der Waals surface area contributed by atoms with Gasteiger partial charge in [0, 0.05) is 48.9 Å². The molecule has 2 unspecified atom stereocenters. The third-order valence-corrected chi connectivity index (χ3v) is 8.82. The average Bonchev–Trinajstić information content (AvgIpc) is 3.52. The Hall–Kier alpha value is -3.81. The van der Waals surface area contributed by atoms with E-state index in [1.165, 1.54) is 0 Å². The molecular formula is C33H40ClN7O3. The first kappa shape index (κ1) is 30.2. The van der Waals surface area contributed by atoms with Crippen LogP contribution in [0.4, 0.5) is 16.3 Å². The SMILES string of the molecule is CC(C)(C)OC(=O)N1CCN(c2nc(OCC3CCCN3)nc3c2CCN(c2cccc4cccc(Cl)c24)C3)CC1CC#N. The lowest BCUT2D eigenvalue weighted by Gasteiger charge is -2.42. The van der Waals surface area contributed by atoms with Gasteiger partial charge in [-0.25, -0.2) is 4.79 Å². The summed E-state index contributed by atoms with van der Waals surface area (Å²) in [7, 11) is 0. The van der Waals surface area contributed by atoms with Crippen molar-refractivity contribution in [1.82, 2.24) is 20.2 Å². The van der Waals surface area contributed by atoms with Crippen molar-refractivity contribution in [1.29, 1.82) is 5.26 Å². The van der Waals surface area contributed by atoms with Crippen LogP contribution >= 0.6 is 11.6 Å². The number of fused-ring (bicyclic) bond motifs is 2. The van der Waals surface area contributed by atoms with E-state index < -0.39 is 5.60 Å². The van der Waals surface area contributed by atoms with E-state index in [-0.39, 0.29) is 24.6 Å². The second-order valence-electron chi connectivity index (χ2n) is 12.8. The van der Waals surface area contributed by atoms with Crippen LogP contribution in [0.15, 0.2) is 36.4 Å². The normalized spacial score (nSPS) is 20.4. The molecule has 11 heteroatoms. The molecule has 2 fully saturated rings. The zero-order chi connectivity index (χ0) is 30.8. The minimum atomic E-state index is -0.613. The number of carbonyl (C=O) groups is 1. The van der Waals surface area contributed by atoms with Crippen LogP contribution in [0.1, 0.15) is 51.3 Å². The van der Waals surface area contributed by atoms with Gasteiger partial charge >= 0.3 is 12.1 Å². The summed E-state index contributed by atoms with van der Waals surface area (Å²) in [6.45, 7) is 9.90. The number of ether oxygens (including phenoxy) is 2. The summed E-state index contributed by atoms with van der Waals surface area (Å²) in [5.41, 5.74) is 2.47. The first-order chi connectivity index (χ1) is 21.2. The zero-order valence-electron chi connectivity index (χ0n) is 25.7. The van der Waals surface area contributed by atoms with Crippen LogP contribution in [0.25, 0.3) is 10.8 Å². The lowest BCUT2D eigenvalue weighted by Crippen LogP contribution is -2.56. The molecular weight excluding hydrogens is 578 g/mol. The topological polar surface area (TPSA) is 107 Å². The van der Waals surface area contributed by atoms with Crippen LogP contribution in [0.5, 0.6) is 6.01 Å². The molecule has 3 aliphatic heterocycles. The minimum Gasteiger partial charge on any atom is -0.462 e. The van der Waals surface area contributed by atoms with Gasteiger partial charge in [0.05, 0.1) is 35.8 Å². The second-order valence-corrected chi connectivity index (χ2v) is 13.2. The number of amides is 1. The van der Waals surface area contributed by atoms with Crippen molar-refractivity contribution in [3.8, 4) is 12.1 Å². The van der Waals surface area contributed by atoms with Crippen molar-refractivity contribution in [3.05, 3.63) is 52.7 Å². The number of aromatic nitrogens is 2. The third-order valence-electron chi connectivity index (χ3n) is 8.51. The minimum absolute atomic E-state index is 0.204. The van der Waals surface area contributed by atoms with Gasteiger partial charge < -0.3 is 29.5 Å². The summed E-state index contributed by atoms with van der Waals surface area (Å²) >= 11 is 6.70. The summed E-state index contributed by atoms with van der Waals surface area (Å²) < 4.78 is 11.9. The Morgan fingerprint density at radius 2 is 1.95 bits per heavy atom. The van der Waals surface area contributed by atoms with Gasteiger partial charge in [0.1, 0.15) is 18.0 Å². The monoisotopic (exact) mass is 617 g/mol. The molecule has 0 saturated carbocycles. The number of nitriles is 1. The third kappa shape index (κ3) is 6.49. The molecule has 2 aromatic carbocycles. The van der Waals surface area contributed by atoms with Gasteiger partial charge in [-0.05, 0) is 64.1 Å². The maximum Gasteiger partial charge on any atom is 0.410 e. The molecule has 0 spiro atoms. The largest absolute Gasteiger partial charge is 0.462 e. The van der Waals surface area contributed by atoms with Gasteiger partial charge in [0.2, 0.25) is 0 Å². The number of carbonyl (C=O) groups excluding carboxylic acids is 1. The highest BCUT2D eigenvalue weighted by atomic mass is 35.5. The fourth-order valence-electron chi connectivity index (χ4n) is 6.42. The van der Waals surface area contributed by atoms with Crippen LogP contribution < -0.4 is 19.9 Å². The number of benzene rings is 2. The first-order valence-corrected chi connectivity index (χ1v) is 15.9. The van der Waals surface area contributed by atoms with Gasteiger partial charge in [-0.3, -0.25) is 0 Å². The first-order valence-electron chi connectivity index (χ1n) is 15.5. The Balaban J connectivity index is 1.31. The van der Waals surface area contributed by atoms with Gasteiger partial charge in [0.15, 0.2) is 0 Å². The predicted molar refractivity (Wildman–Crippen MR) is 171 cm³/mol. The molecule has 232 valence electrons. The zero-order valence-corrected chi connectivity index (χ0v) is 26.4. The molecule has 3 aliphatic rings. The van der Waals surface area contributed by atoms with E-state index in [0.29, 0.717) is 38.8 Å². The van der Waals surface area contributed by atoms with E-state index in [0.717, 1.165) is 70.9 Å². The van der Waals surface area contributed by atoms with Crippen molar-refractivity contribution in [2.45, 2.75) is 70.7 Å². The van der Waals surface area contributed by atoms with E-state index in [2.05, 4.69) is 45.5 Å². The number of nitrogens with one attached hydrogen (secondary N) is 1. The van der Waals surface area contributed by atoms with Crippen molar-refractivity contribution in [2.24, 2.45) is 0 Å². The summed E-state index contributed by atoms with van der Waals surface area (Å²) in [5.74, 6) is 0.826. The van der Waals surface area contributed by atoms with Gasteiger partial charge in [0.25, 0.3) is 0 Å². The van der Waals surface area contributed by atoms with Crippen LogP contribution in [0, 0.1) is 11.3 Å². The maximum atomic E-state index is 13.0. The molecule has 2 saturated heterocycles. The number of hydrogen-bond donors (Lipinski definition) is 1. The van der Waals surface area contributed by atoms with E-state index >= 15 is 0 Å². The molecule has 10 nitrogen and oxygen atoms in total. The average molecular weight is 618 g/mol. The lowest BCUT2D eigenvalue weighted by atomic mass is 10.0. The molecule has 3 aromatic rings. The van der Waals surface area contributed by atoms with Crippen molar-refractivity contribution in [3.63, 3.8) is 0 Å². The fraction of sp³-hybridized carbons (Fsp3) is 0.515. The van der Waals surface area contributed by atoms with Crippen molar-refractivity contribution >= 4 is 40.0 Å². The smallest absolute Gasteiger partial charge is 0.410 e. The number of halogens is 1. The summed E-state index contributed by atoms with van der Waals surface area (Å²) in [5, 5.41) is 16.0. The highest BCUT2D eigenvalue weighted by Crippen LogP contribution is 2.37. The highest BCUT2D eigenvalue weighted by Gasteiger charge is 2.36. The van der Waals surface area contributed by atoms with Crippen LogP contribution in [0.3, 0.4) is 0 Å². The molecule has 1 amide bonds. The molecule has 1 N–H and O–H groups in total. The quantitative estimate of drug-likeness (QED) is 0.393. The predicted octanol–water partition coefficient (Wildman–Crippen LogP) is 5.32. The maximum absolute atomic E-state index is 13.0. The fourth-order valence-corrected chi connectivity index (χ4v) is 6.70. The Kier molecular flexibility index (Phi) is 8.70. The van der Waals surface area contributed by atoms with Crippen molar-refractivity contribution < 1.29 is 14.3 Å². The van der Waals surface area contributed by atoms with Gasteiger partial charge in [-0.15, -0.1) is 0 Å². The summed E-state index contributed by atoms with van der Waals surface area (Å²) in [6, 6.07) is 14.9.